The van der Waals surface area contributed by atoms with Crippen molar-refractivity contribution in [2.75, 3.05) is 0 Å². The molecule has 0 spiro atoms. The normalized spacial score (nSPS) is 17.0. The second kappa shape index (κ2) is 7.51. The van der Waals surface area contributed by atoms with Crippen LogP contribution in [0.3, 0.4) is 0 Å². The average molecular weight is 410 g/mol. The van der Waals surface area contributed by atoms with Gasteiger partial charge in [-0.2, -0.15) is 0 Å². The van der Waals surface area contributed by atoms with Gasteiger partial charge in [0, 0.05) is 22.9 Å². The molecule has 0 N–H and O–H groups in total. The molecule has 0 aliphatic heterocycles. The molecule has 3 rings (SSSR count). The molecule has 1 aromatic heterocycles. The van der Waals surface area contributed by atoms with E-state index in [1.165, 1.54) is 5.57 Å². The first-order valence-electron chi connectivity index (χ1n) is 11.1. The summed E-state index contributed by atoms with van der Waals surface area (Å²) in [6.45, 7) is 18.6. The maximum atomic E-state index is 16.5. The lowest BCUT2D eigenvalue weighted by molar-refractivity contribution is 0.402. The lowest BCUT2D eigenvalue weighted by Gasteiger charge is -2.29. The number of fused-ring (bicyclic) bond motifs is 1. The van der Waals surface area contributed by atoms with Crippen LogP contribution in [0.25, 0.3) is 16.5 Å². The molecule has 1 aromatic carbocycles. The average Bonchev–Trinajstić information content (AvgIpc) is 2.76. The molecule has 0 amide bonds. The molecular formula is C27H36FNO. The van der Waals surface area contributed by atoms with Gasteiger partial charge < -0.3 is 4.57 Å². The molecule has 162 valence electrons. The topological polar surface area (TPSA) is 22.0 Å². The summed E-state index contributed by atoms with van der Waals surface area (Å²) in [5.74, 6) is -0.271. The summed E-state index contributed by atoms with van der Waals surface area (Å²) < 4.78 is 18.4. The predicted molar refractivity (Wildman–Crippen MR) is 127 cm³/mol. The fourth-order valence-corrected chi connectivity index (χ4v) is 4.70. The summed E-state index contributed by atoms with van der Waals surface area (Å²) in [5.41, 5.74) is 5.38. The molecule has 0 saturated heterocycles. The number of allylic oxidation sites excluding steroid dienone is 4. The molecule has 0 unspecified atom stereocenters. The first-order chi connectivity index (χ1) is 13.8. The molecule has 0 saturated carbocycles. The Morgan fingerprint density at radius 2 is 1.80 bits per heavy atom. The molecule has 30 heavy (non-hydrogen) atoms. The van der Waals surface area contributed by atoms with Crippen molar-refractivity contribution >= 4 is 16.5 Å². The number of nitrogens with zero attached hydrogens (tertiary/aromatic N) is 1. The summed E-state index contributed by atoms with van der Waals surface area (Å²) in [6.07, 6.45) is 8.91. The van der Waals surface area contributed by atoms with Gasteiger partial charge in [0.25, 0.3) is 0 Å². The SMILES string of the molecule is CCc1c(C2=CC(C)(C)CCC(C)=C2)c(F)c2c(c1C)c(=O)c(C)cn2C(C)(C)C. The van der Waals surface area contributed by atoms with Gasteiger partial charge in [-0.25, -0.2) is 4.39 Å². The number of hydrogen-bond acceptors (Lipinski definition) is 1. The molecule has 2 aromatic rings. The van der Waals surface area contributed by atoms with Crippen molar-refractivity contribution in [3.63, 3.8) is 0 Å². The molecule has 0 bridgehead atoms. The van der Waals surface area contributed by atoms with E-state index in [0.29, 0.717) is 28.5 Å². The molecule has 0 radical (unpaired) electrons. The summed E-state index contributed by atoms with van der Waals surface area (Å²) in [4.78, 5) is 13.1. The zero-order valence-corrected chi connectivity index (χ0v) is 20.1. The number of pyridine rings is 1. The first kappa shape index (κ1) is 22.5. The van der Waals surface area contributed by atoms with Gasteiger partial charge in [0.2, 0.25) is 0 Å². The monoisotopic (exact) mass is 409 g/mol. The Hall–Kier alpha value is -2.16. The zero-order valence-electron chi connectivity index (χ0n) is 20.1. The number of aryl methyl sites for hydroxylation is 2. The maximum Gasteiger partial charge on any atom is 0.192 e. The molecule has 1 aliphatic carbocycles. The van der Waals surface area contributed by atoms with Gasteiger partial charge in [0.05, 0.1) is 10.9 Å². The Labute approximate surface area is 180 Å². The standard InChI is InChI=1S/C27H36FNO/c1-10-20-18(4)21-24(29(26(5,6)7)15-17(3)25(21)30)23(28)22(20)19-13-16(2)11-12-27(8,9)14-19/h13-15H,10-12H2,1-9H3. The second-order valence-electron chi connectivity index (χ2n) is 10.6. The van der Waals surface area contributed by atoms with Crippen LogP contribution in [0.1, 0.15) is 83.6 Å². The van der Waals surface area contributed by atoms with Crippen molar-refractivity contribution in [3.8, 4) is 0 Å². The quantitative estimate of drug-likeness (QED) is 0.513. The van der Waals surface area contributed by atoms with Crippen molar-refractivity contribution in [2.24, 2.45) is 5.41 Å². The van der Waals surface area contributed by atoms with Crippen LogP contribution >= 0.6 is 0 Å². The molecule has 0 atom stereocenters. The third-order valence-electron chi connectivity index (χ3n) is 6.42. The predicted octanol–water partition coefficient (Wildman–Crippen LogP) is 7.22. The molecule has 1 aliphatic rings. The number of benzene rings is 1. The van der Waals surface area contributed by atoms with Gasteiger partial charge in [-0.1, -0.05) is 38.5 Å². The van der Waals surface area contributed by atoms with Gasteiger partial charge in [0.15, 0.2) is 11.2 Å². The number of hydrogen-bond donors (Lipinski definition) is 0. The lowest BCUT2D eigenvalue weighted by atomic mass is 9.83. The molecule has 3 heteroatoms. The number of halogens is 1. The van der Waals surface area contributed by atoms with Gasteiger partial charge in [-0.05, 0) is 82.9 Å². The summed E-state index contributed by atoms with van der Waals surface area (Å²) in [5, 5.41) is 0.525. The van der Waals surface area contributed by atoms with E-state index >= 15 is 4.39 Å². The Morgan fingerprint density at radius 3 is 2.37 bits per heavy atom. The van der Waals surface area contributed by atoms with Crippen molar-refractivity contribution in [2.45, 2.75) is 87.1 Å². The van der Waals surface area contributed by atoms with E-state index in [9.17, 15) is 4.79 Å². The van der Waals surface area contributed by atoms with Crippen LogP contribution in [0.4, 0.5) is 4.39 Å². The fourth-order valence-electron chi connectivity index (χ4n) is 4.70. The number of aromatic nitrogens is 1. The zero-order chi connectivity index (χ0) is 22.6. The van der Waals surface area contributed by atoms with E-state index in [1.807, 2.05) is 31.5 Å². The first-order valence-corrected chi connectivity index (χ1v) is 11.1. The minimum atomic E-state index is -0.349. The van der Waals surface area contributed by atoms with Crippen LogP contribution < -0.4 is 5.43 Å². The highest BCUT2D eigenvalue weighted by atomic mass is 19.1. The van der Waals surface area contributed by atoms with Gasteiger partial charge in [0.1, 0.15) is 0 Å². The van der Waals surface area contributed by atoms with Crippen LogP contribution in [-0.4, -0.2) is 4.57 Å². The highest BCUT2D eigenvalue weighted by Gasteiger charge is 2.28. The van der Waals surface area contributed by atoms with Gasteiger partial charge in [-0.3, -0.25) is 4.79 Å². The maximum absolute atomic E-state index is 16.5. The summed E-state index contributed by atoms with van der Waals surface area (Å²) >= 11 is 0. The third kappa shape index (κ3) is 3.79. The van der Waals surface area contributed by atoms with Gasteiger partial charge >= 0.3 is 0 Å². The Kier molecular flexibility index (Phi) is 5.64. The highest BCUT2D eigenvalue weighted by Crippen LogP contribution is 2.40. The largest absolute Gasteiger partial charge is 0.339 e. The fraction of sp³-hybridized carbons (Fsp3) is 0.519. The Bertz CT molecular complexity index is 1140. The van der Waals surface area contributed by atoms with Crippen molar-refractivity contribution in [1.29, 1.82) is 0 Å². The smallest absolute Gasteiger partial charge is 0.192 e. The Balaban J connectivity index is 2.58. The van der Waals surface area contributed by atoms with Crippen LogP contribution in [0.15, 0.2) is 28.7 Å². The minimum absolute atomic E-state index is 0.0130. The molecule has 2 nitrogen and oxygen atoms in total. The number of rotatable bonds is 2. The van der Waals surface area contributed by atoms with E-state index in [1.54, 1.807) is 0 Å². The van der Waals surface area contributed by atoms with E-state index < -0.39 is 0 Å². The molecule has 0 fully saturated rings. The van der Waals surface area contributed by atoms with Crippen LogP contribution in [0.5, 0.6) is 0 Å². The van der Waals surface area contributed by atoms with Crippen molar-refractivity contribution < 1.29 is 4.39 Å². The summed E-state index contributed by atoms with van der Waals surface area (Å²) in [7, 11) is 0. The van der Waals surface area contributed by atoms with E-state index in [2.05, 4.69) is 53.7 Å². The second-order valence-corrected chi connectivity index (χ2v) is 10.6. The van der Waals surface area contributed by atoms with Crippen LogP contribution in [0.2, 0.25) is 0 Å². The van der Waals surface area contributed by atoms with Crippen LogP contribution in [0, 0.1) is 25.1 Å². The lowest BCUT2D eigenvalue weighted by Crippen LogP contribution is -2.27. The Morgan fingerprint density at radius 1 is 1.17 bits per heavy atom. The highest BCUT2D eigenvalue weighted by molar-refractivity contribution is 5.92. The van der Waals surface area contributed by atoms with E-state index in [0.717, 1.165) is 29.5 Å². The third-order valence-corrected chi connectivity index (χ3v) is 6.42. The van der Waals surface area contributed by atoms with Crippen molar-refractivity contribution in [3.05, 3.63) is 62.2 Å². The molecule has 1 heterocycles. The van der Waals surface area contributed by atoms with E-state index in [4.69, 9.17) is 0 Å². The van der Waals surface area contributed by atoms with Crippen LogP contribution in [-0.2, 0) is 12.0 Å². The minimum Gasteiger partial charge on any atom is -0.339 e. The van der Waals surface area contributed by atoms with E-state index in [-0.39, 0.29) is 22.2 Å². The van der Waals surface area contributed by atoms with Crippen molar-refractivity contribution in [1.82, 2.24) is 4.57 Å². The van der Waals surface area contributed by atoms with Gasteiger partial charge in [-0.15, -0.1) is 0 Å². The summed E-state index contributed by atoms with van der Waals surface area (Å²) in [6, 6.07) is 0. The molecular weight excluding hydrogens is 373 g/mol.